The summed E-state index contributed by atoms with van der Waals surface area (Å²) in [6.45, 7) is 0. The van der Waals surface area contributed by atoms with Gasteiger partial charge in [-0.15, -0.1) is 0 Å². The van der Waals surface area contributed by atoms with Gasteiger partial charge in [-0.2, -0.15) is 0 Å². The molecule has 0 bridgehead atoms. The molecule has 0 aliphatic heterocycles. The molecule has 0 spiro atoms. The molecule has 2 aromatic rings. The summed E-state index contributed by atoms with van der Waals surface area (Å²) in [5.41, 5.74) is 1.05. The fraction of sp³-hybridized carbons (Fsp3) is 0. The lowest BCUT2D eigenvalue weighted by molar-refractivity contribution is 0.0698. The molecule has 2 N–H and O–H groups in total. The third kappa shape index (κ3) is 2.78. The van der Waals surface area contributed by atoms with Gasteiger partial charge in [-0.25, -0.2) is 9.18 Å². The van der Waals surface area contributed by atoms with Crippen molar-refractivity contribution >= 4 is 28.9 Å². The third-order valence-corrected chi connectivity index (χ3v) is 2.57. The summed E-state index contributed by atoms with van der Waals surface area (Å²) >= 11 is 5.82. The number of carbonyl (C=O) groups is 1. The van der Waals surface area contributed by atoms with Crippen LogP contribution >= 0.6 is 11.6 Å². The predicted octanol–water partition coefficient (Wildman–Crippen LogP) is 3.92. The number of hydrogen-bond donors (Lipinski definition) is 2. The van der Waals surface area contributed by atoms with Crippen molar-refractivity contribution in [2.45, 2.75) is 0 Å². The van der Waals surface area contributed by atoms with Gasteiger partial charge in [-0.1, -0.05) is 11.6 Å². The van der Waals surface area contributed by atoms with Gasteiger partial charge in [0.2, 0.25) is 0 Å². The molecule has 5 heteroatoms. The average Bonchev–Trinajstić information content (AvgIpc) is 2.32. The molecule has 0 aliphatic carbocycles. The van der Waals surface area contributed by atoms with Crippen LogP contribution in [-0.4, -0.2) is 11.1 Å². The van der Waals surface area contributed by atoms with Crippen LogP contribution in [0.3, 0.4) is 0 Å². The van der Waals surface area contributed by atoms with Crippen molar-refractivity contribution in [3.63, 3.8) is 0 Å². The smallest absolute Gasteiger partial charge is 0.337 e. The van der Waals surface area contributed by atoms with E-state index in [1.165, 1.54) is 42.5 Å². The molecule has 0 radical (unpaired) electrons. The first kappa shape index (κ1) is 12.4. The number of nitrogens with one attached hydrogen (secondary N) is 1. The maximum absolute atomic E-state index is 12.8. The molecule has 0 saturated heterocycles. The average molecular weight is 266 g/mol. The monoisotopic (exact) mass is 265 g/mol. The van der Waals surface area contributed by atoms with Crippen LogP contribution in [0.25, 0.3) is 0 Å². The van der Waals surface area contributed by atoms with Crippen molar-refractivity contribution in [1.29, 1.82) is 0 Å². The topological polar surface area (TPSA) is 49.3 Å². The molecule has 0 aromatic heterocycles. The SMILES string of the molecule is O=C(O)c1ccc(Cl)cc1Nc1ccc(F)cc1. The number of benzene rings is 2. The predicted molar refractivity (Wildman–Crippen MR) is 68.1 cm³/mol. The molecule has 18 heavy (non-hydrogen) atoms. The second-order valence-corrected chi connectivity index (χ2v) is 4.06. The Hall–Kier alpha value is -2.07. The van der Waals surface area contributed by atoms with E-state index in [-0.39, 0.29) is 11.4 Å². The van der Waals surface area contributed by atoms with E-state index in [9.17, 15) is 9.18 Å². The van der Waals surface area contributed by atoms with E-state index in [1.807, 2.05) is 0 Å². The Morgan fingerprint density at radius 1 is 1.17 bits per heavy atom. The molecule has 0 atom stereocenters. The second kappa shape index (κ2) is 5.06. The number of carboxylic acid groups (broad SMARTS) is 1. The molecule has 0 unspecified atom stereocenters. The molecule has 2 aromatic carbocycles. The fourth-order valence-electron chi connectivity index (χ4n) is 1.50. The Balaban J connectivity index is 2.35. The lowest BCUT2D eigenvalue weighted by Crippen LogP contribution is -2.02. The number of carboxylic acids is 1. The summed E-state index contributed by atoms with van der Waals surface area (Å²) in [5, 5.41) is 12.3. The van der Waals surface area contributed by atoms with Gasteiger partial charge in [-0.3, -0.25) is 0 Å². The highest BCUT2D eigenvalue weighted by Gasteiger charge is 2.10. The van der Waals surface area contributed by atoms with Crippen LogP contribution in [0, 0.1) is 5.82 Å². The molecule has 0 heterocycles. The Kier molecular flexibility index (Phi) is 3.48. The lowest BCUT2D eigenvalue weighted by atomic mass is 10.1. The van der Waals surface area contributed by atoms with Crippen molar-refractivity contribution in [3.05, 3.63) is 58.9 Å². The quantitative estimate of drug-likeness (QED) is 0.884. The Morgan fingerprint density at radius 2 is 1.83 bits per heavy atom. The molecular weight excluding hydrogens is 257 g/mol. The maximum Gasteiger partial charge on any atom is 0.337 e. The molecule has 0 saturated carbocycles. The molecule has 0 amide bonds. The highest BCUT2D eigenvalue weighted by atomic mass is 35.5. The number of hydrogen-bond acceptors (Lipinski definition) is 2. The summed E-state index contributed by atoms with van der Waals surface area (Å²) in [5.74, 6) is -1.42. The van der Waals surface area contributed by atoms with Crippen LogP contribution in [0.4, 0.5) is 15.8 Å². The van der Waals surface area contributed by atoms with Crippen LogP contribution < -0.4 is 5.32 Å². The highest BCUT2D eigenvalue weighted by molar-refractivity contribution is 6.31. The summed E-state index contributed by atoms with van der Waals surface area (Å²) in [4.78, 5) is 11.0. The van der Waals surface area contributed by atoms with E-state index in [0.717, 1.165) is 0 Å². The zero-order chi connectivity index (χ0) is 13.1. The second-order valence-electron chi connectivity index (χ2n) is 3.63. The molecule has 92 valence electrons. The van der Waals surface area contributed by atoms with Crippen LogP contribution in [0.2, 0.25) is 5.02 Å². The van der Waals surface area contributed by atoms with Crippen molar-refractivity contribution in [2.24, 2.45) is 0 Å². The fourth-order valence-corrected chi connectivity index (χ4v) is 1.67. The summed E-state index contributed by atoms with van der Waals surface area (Å²) in [6.07, 6.45) is 0. The molecule has 0 fully saturated rings. The molecule has 2 rings (SSSR count). The Labute approximate surface area is 108 Å². The number of rotatable bonds is 3. The van der Waals surface area contributed by atoms with E-state index in [0.29, 0.717) is 16.4 Å². The molecule has 3 nitrogen and oxygen atoms in total. The van der Waals surface area contributed by atoms with Gasteiger partial charge in [0.1, 0.15) is 5.82 Å². The first-order chi connectivity index (χ1) is 8.56. The van der Waals surface area contributed by atoms with E-state index in [1.54, 1.807) is 0 Å². The minimum absolute atomic E-state index is 0.101. The minimum atomic E-state index is -1.06. The van der Waals surface area contributed by atoms with Gasteiger partial charge in [0, 0.05) is 10.7 Å². The third-order valence-electron chi connectivity index (χ3n) is 2.34. The largest absolute Gasteiger partial charge is 0.478 e. The minimum Gasteiger partial charge on any atom is -0.478 e. The Morgan fingerprint density at radius 3 is 2.44 bits per heavy atom. The van der Waals surface area contributed by atoms with Gasteiger partial charge in [0.15, 0.2) is 0 Å². The van der Waals surface area contributed by atoms with E-state index >= 15 is 0 Å². The number of anilines is 2. The molecular formula is C13H9ClFNO2. The van der Waals surface area contributed by atoms with E-state index in [2.05, 4.69) is 5.32 Å². The Bertz CT molecular complexity index is 584. The number of halogens is 2. The van der Waals surface area contributed by atoms with Crippen molar-refractivity contribution < 1.29 is 14.3 Å². The van der Waals surface area contributed by atoms with Gasteiger partial charge < -0.3 is 10.4 Å². The zero-order valence-electron chi connectivity index (χ0n) is 9.15. The lowest BCUT2D eigenvalue weighted by Gasteiger charge is -2.10. The maximum atomic E-state index is 12.8. The first-order valence-electron chi connectivity index (χ1n) is 5.12. The zero-order valence-corrected chi connectivity index (χ0v) is 9.91. The number of aromatic carboxylic acids is 1. The highest BCUT2D eigenvalue weighted by Crippen LogP contribution is 2.25. The molecule has 0 aliphatic rings. The summed E-state index contributed by atoms with van der Waals surface area (Å²) in [7, 11) is 0. The van der Waals surface area contributed by atoms with E-state index < -0.39 is 5.97 Å². The summed E-state index contributed by atoms with van der Waals surface area (Å²) < 4.78 is 12.8. The van der Waals surface area contributed by atoms with Gasteiger partial charge in [0.05, 0.1) is 11.3 Å². The first-order valence-corrected chi connectivity index (χ1v) is 5.49. The van der Waals surface area contributed by atoms with Crippen LogP contribution in [0.5, 0.6) is 0 Å². The summed E-state index contributed by atoms with van der Waals surface area (Å²) in [6, 6.07) is 10.0. The van der Waals surface area contributed by atoms with Crippen molar-refractivity contribution in [1.82, 2.24) is 0 Å². The van der Waals surface area contributed by atoms with Crippen LogP contribution in [-0.2, 0) is 0 Å². The van der Waals surface area contributed by atoms with Gasteiger partial charge in [-0.05, 0) is 42.5 Å². The van der Waals surface area contributed by atoms with Crippen LogP contribution in [0.15, 0.2) is 42.5 Å². The standard InChI is InChI=1S/C13H9ClFNO2/c14-8-1-6-11(13(17)18)12(7-8)16-10-4-2-9(15)3-5-10/h1-7,16H,(H,17,18). The van der Waals surface area contributed by atoms with Crippen LogP contribution in [0.1, 0.15) is 10.4 Å². The van der Waals surface area contributed by atoms with Crippen molar-refractivity contribution in [3.8, 4) is 0 Å². The van der Waals surface area contributed by atoms with E-state index in [4.69, 9.17) is 16.7 Å². The van der Waals surface area contributed by atoms with Crippen molar-refractivity contribution in [2.75, 3.05) is 5.32 Å². The van der Waals surface area contributed by atoms with Gasteiger partial charge in [0.25, 0.3) is 0 Å². The normalized spacial score (nSPS) is 10.1. The van der Waals surface area contributed by atoms with Gasteiger partial charge >= 0.3 is 5.97 Å².